The van der Waals surface area contributed by atoms with Gasteiger partial charge in [0.1, 0.15) is 11.6 Å². The van der Waals surface area contributed by atoms with Crippen LogP contribution in [0.2, 0.25) is 0 Å². The zero-order chi connectivity index (χ0) is 15.0. The van der Waals surface area contributed by atoms with E-state index in [4.69, 9.17) is 5.73 Å². The zero-order valence-electron chi connectivity index (χ0n) is 11.6. The third-order valence-electron chi connectivity index (χ3n) is 3.34. The number of nitrogens with zero attached hydrogens (tertiary/aromatic N) is 2. The van der Waals surface area contributed by atoms with Crippen molar-refractivity contribution >= 4 is 5.82 Å². The molecule has 0 unspecified atom stereocenters. The second-order valence-electron chi connectivity index (χ2n) is 5.03. The first-order chi connectivity index (χ1) is 9.32. The molecular weight excluding hydrogens is 264 g/mol. The molecule has 0 spiro atoms. The number of nitrogens with two attached hydrogens (primary N) is 1. The van der Waals surface area contributed by atoms with Gasteiger partial charge in [0.25, 0.3) is 6.43 Å². The summed E-state index contributed by atoms with van der Waals surface area (Å²) in [7, 11) is 1.65. The number of anilines is 1. The molecule has 6 heteroatoms. The van der Waals surface area contributed by atoms with E-state index in [1.54, 1.807) is 13.1 Å². The van der Waals surface area contributed by atoms with E-state index in [1.165, 1.54) is 16.9 Å². The number of phenols is 1. The van der Waals surface area contributed by atoms with Crippen LogP contribution in [0.3, 0.4) is 0 Å². The predicted molar refractivity (Wildman–Crippen MR) is 73.8 cm³/mol. The highest BCUT2D eigenvalue weighted by molar-refractivity contribution is 5.80. The van der Waals surface area contributed by atoms with Crippen molar-refractivity contribution in [2.75, 3.05) is 5.73 Å². The van der Waals surface area contributed by atoms with Gasteiger partial charge < -0.3 is 10.8 Å². The van der Waals surface area contributed by atoms with E-state index >= 15 is 0 Å². The lowest BCUT2D eigenvalue weighted by molar-refractivity contribution is 0.147. The van der Waals surface area contributed by atoms with E-state index in [0.29, 0.717) is 11.4 Å². The first-order valence-corrected chi connectivity index (χ1v) is 6.25. The van der Waals surface area contributed by atoms with Gasteiger partial charge in [-0.1, -0.05) is 13.8 Å². The Labute approximate surface area is 115 Å². The number of aryl methyl sites for hydroxylation is 1. The minimum absolute atomic E-state index is 0.0599. The van der Waals surface area contributed by atoms with Gasteiger partial charge in [0.15, 0.2) is 0 Å². The molecule has 108 valence electrons. The fourth-order valence-electron chi connectivity index (χ4n) is 2.04. The minimum Gasteiger partial charge on any atom is -0.507 e. The maximum atomic E-state index is 13.1. The summed E-state index contributed by atoms with van der Waals surface area (Å²) in [6, 6.07) is 3.01. The van der Waals surface area contributed by atoms with E-state index in [1.807, 2.05) is 13.8 Å². The molecule has 0 saturated carbocycles. The summed E-state index contributed by atoms with van der Waals surface area (Å²) in [5.74, 6) is -0.0599. The number of halogens is 2. The number of nitrogen functional groups attached to an aromatic ring is 1. The molecule has 0 saturated heterocycles. The molecule has 1 aromatic carbocycles. The summed E-state index contributed by atoms with van der Waals surface area (Å²) >= 11 is 0. The highest BCUT2D eigenvalue weighted by Crippen LogP contribution is 2.41. The minimum atomic E-state index is -2.75. The van der Waals surface area contributed by atoms with Gasteiger partial charge in [0, 0.05) is 18.2 Å². The predicted octanol–water partition coefficient (Wildman–Crippen LogP) is 3.44. The van der Waals surface area contributed by atoms with Crippen molar-refractivity contribution in [2.24, 2.45) is 7.05 Å². The van der Waals surface area contributed by atoms with Gasteiger partial charge in [0.05, 0.1) is 11.8 Å². The van der Waals surface area contributed by atoms with Crippen molar-refractivity contribution in [3.63, 3.8) is 0 Å². The fourth-order valence-corrected chi connectivity index (χ4v) is 2.04. The van der Waals surface area contributed by atoms with Crippen LogP contribution in [0, 0.1) is 0 Å². The van der Waals surface area contributed by atoms with E-state index < -0.39 is 12.2 Å². The molecule has 2 aromatic rings. The van der Waals surface area contributed by atoms with Gasteiger partial charge >= 0.3 is 0 Å². The molecule has 0 atom stereocenters. The molecule has 0 bridgehead atoms. The highest BCUT2D eigenvalue weighted by atomic mass is 19.3. The lowest BCUT2D eigenvalue weighted by Gasteiger charge is -2.14. The van der Waals surface area contributed by atoms with E-state index in [-0.39, 0.29) is 17.0 Å². The van der Waals surface area contributed by atoms with Gasteiger partial charge in [-0.2, -0.15) is 5.10 Å². The van der Waals surface area contributed by atoms with Crippen LogP contribution in [0.5, 0.6) is 5.75 Å². The van der Waals surface area contributed by atoms with E-state index in [2.05, 4.69) is 5.10 Å². The van der Waals surface area contributed by atoms with Crippen LogP contribution < -0.4 is 5.73 Å². The van der Waals surface area contributed by atoms with E-state index in [0.717, 1.165) is 5.56 Å². The average molecular weight is 281 g/mol. The van der Waals surface area contributed by atoms with Crippen molar-refractivity contribution in [2.45, 2.75) is 26.2 Å². The topological polar surface area (TPSA) is 64.1 Å². The molecule has 0 fully saturated rings. The monoisotopic (exact) mass is 281 g/mol. The lowest BCUT2D eigenvalue weighted by Crippen LogP contribution is -1.99. The fraction of sp³-hybridized carbons (Fsp3) is 0.357. The first-order valence-electron chi connectivity index (χ1n) is 6.25. The zero-order valence-corrected chi connectivity index (χ0v) is 11.6. The largest absolute Gasteiger partial charge is 0.507 e. The molecule has 2 rings (SSSR count). The first kappa shape index (κ1) is 14.3. The number of rotatable bonds is 3. The number of benzene rings is 1. The van der Waals surface area contributed by atoms with Crippen LogP contribution in [0.15, 0.2) is 18.3 Å². The van der Waals surface area contributed by atoms with E-state index in [9.17, 15) is 13.9 Å². The van der Waals surface area contributed by atoms with Crippen molar-refractivity contribution < 1.29 is 13.9 Å². The molecule has 1 aromatic heterocycles. The Morgan fingerprint density at radius 3 is 2.35 bits per heavy atom. The summed E-state index contributed by atoms with van der Waals surface area (Å²) in [5, 5.41) is 14.1. The maximum Gasteiger partial charge on any atom is 0.267 e. The number of alkyl halides is 2. The molecule has 20 heavy (non-hydrogen) atoms. The number of aromatic nitrogens is 2. The Bertz CT molecular complexity index is 636. The van der Waals surface area contributed by atoms with Gasteiger partial charge in [-0.25, -0.2) is 8.78 Å². The van der Waals surface area contributed by atoms with Gasteiger partial charge in [-0.05, 0) is 23.6 Å². The van der Waals surface area contributed by atoms with Gasteiger partial charge in [-0.15, -0.1) is 0 Å². The molecule has 0 aliphatic carbocycles. The van der Waals surface area contributed by atoms with Crippen LogP contribution in [-0.2, 0) is 7.05 Å². The molecule has 0 amide bonds. The molecule has 1 heterocycles. The Balaban J connectivity index is 2.71. The van der Waals surface area contributed by atoms with Crippen LogP contribution in [0.1, 0.15) is 37.3 Å². The summed E-state index contributed by atoms with van der Waals surface area (Å²) in [4.78, 5) is 0. The summed E-state index contributed by atoms with van der Waals surface area (Å²) in [5.41, 5.74) is 6.94. The summed E-state index contributed by atoms with van der Waals surface area (Å²) in [6.45, 7) is 3.80. The second kappa shape index (κ2) is 5.11. The Morgan fingerprint density at radius 2 is 1.90 bits per heavy atom. The summed E-state index contributed by atoms with van der Waals surface area (Å²) < 4.78 is 27.6. The second-order valence-corrected chi connectivity index (χ2v) is 5.03. The number of phenolic OH excluding ortho intramolecular Hbond substituents is 1. The van der Waals surface area contributed by atoms with Crippen LogP contribution in [-0.4, -0.2) is 14.9 Å². The highest BCUT2D eigenvalue weighted by Gasteiger charge is 2.21. The smallest absolute Gasteiger partial charge is 0.267 e. The van der Waals surface area contributed by atoms with Gasteiger partial charge in [0.2, 0.25) is 0 Å². The van der Waals surface area contributed by atoms with Crippen molar-refractivity contribution in [3.8, 4) is 16.9 Å². The SMILES string of the molecule is CC(C)c1cc(-c2cnn(C)c2N)c(O)c(C(F)F)c1. The molecular formula is C14H17F2N3O. The molecule has 3 N–H and O–H groups in total. The molecule has 0 aliphatic rings. The maximum absolute atomic E-state index is 13.1. The standard InChI is InChI=1S/C14H17F2N3O/c1-7(2)8-4-9(11-6-18-19(3)14(11)17)12(20)10(5-8)13(15)16/h4-7,13,20H,17H2,1-3H3. The Hall–Kier alpha value is -2.11. The quantitative estimate of drug-likeness (QED) is 0.905. The van der Waals surface area contributed by atoms with Gasteiger partial charge in [-0.3, -0.25) is 4.68 Å². The Kier molecular flexibility index (Phi) is 3.65. The Morgan fingerprint density at radius 1 is 1.25 bits per heavy atom. The molecule has 4 nitrogen and oxygen atoms in total. The average Bonchev–Trinajstić information content (AvgIpc) is 2.70. The molecule has 0 aliphatic heterocycles. The van der Waals surface area contributed by atoms with Crippen molar-refractivity contribution in [1.29, 1.82) is 0 Å². The lowest BCUT2D eigenvalue weighted by atomic mass is 9.94. The summed E-state index contributed by atoms with van der Waals surface area (Å²) in [6.07, 6.45) is -1.28. The number of hydrogen-bond donors (Lipinski definition) is 2. The van der Waals surface area contributed by atoms with Crippen LogP contribution >= 0.6 is 0 Å². The molecule has 0 radical (unpaired) electrons. The normalized spacial score (nSPS) is 11.6. The van der Waals surface area contributed by atoms with Crippen LogP contribution in [0.25, 0.3) is 11.1 Å². The third-order valence-corrected chi connectivity index (χ3v) is 3.34. The third kappa shape index (κ3) is 2.33. The number of aromatic hydroxyl groups is 1. The van der Waals surface area contributed by atoms with Crippen LogP contribution in [0.4, 0.5) is 14.6 Å². The van der Waals surface area contributed by atoms with Crippen molar-refractivity contribution in [3.05, 3.63) is 29.5 Å². The number of hydrogen-bond acceptors (Lipinski definition) is 3. The van der Waals surface area contributed by atoms with Crippen molar-refractivity contribution in [1.82, 2.24) is 9.78 Å².